The Kier molecular flexibility index (Phi) is 6.76. The van der Waals surface area contributed by atoms with Gasteiger partial charge in [-0.3, -0.25) is 14.8 Å². The summed E-state index contributed by atoms with van der Waals surface area (Å²) >= 11 is 12.9. The van der Waals surface area contributed by atoms with Gasteiger partial charge in [-0.15, -0.1) is 5.10 Å². The van der Waals surface area contributed by atoms with Gasteiger partial charge in [-0.25, -0.2) is 0 Å². The number of halogens is 2. The van der Waals surface area contributed by atoms with E-state index in [1.54, 1.807) is 0 Å². The lowest BCUT2D eigenvalue weighted by Crippen LogP contribution is -2.50. The molecule has 0 atom stereocenters. The van der Waals surface area contributed by atoms with E-state index >= 15 is 0 Å². The number of aliphatic hydroxyl groups is 1. The molecule has 3 aliphatic rings. The lowest BCUT2D eigenvalue weighted by Gasteiger charge is -2.35. The summed E-state index contributed by atoms with van der Waals surface area (Å²) < 4.78 is 0. The SMILES string of the molecule is OCCN1CCN(CC2=NN=C3CN=C(c4ccccc4Cl)c4cc(Cl)ccc4N3C2)CC1. The van der Waals surface area contributed by atoms with E-state index in [2.05, 4.69) is 24.9 Å². The summed E-state index contributed by atoms with van der Waals surface area (Å²) in [6, 6.07) is 13.6. The first-order valence-electron chi connectivity index (χ1n) is 11.2. The van der Waals surface area contributed by atoms with Crippen LogP contribution in [-0.4, -0.2) is 91.1 Å². The molecule has 0 aliphatic carbocycles. The summed E-state index contributed by atoms with van der Waals surface area (Å²) in [5.74, 6) is 0.817. The summed E-state index contributed by atoms with van der Waals surface area (Å²) in [6.07, 6.45) is 0. The van der Waals surface area contributed by atoms with Gasteiger partial charge in [0.1, 0.15) is 0 Å². The van der Waals surface area contributed by atoms with Crippen molar-refractivity contribution in [1.29, 1.82) is 0 Å². The van der Waals surface area contributed by atoms with Gasteiger partial charge >= 0.3 is 0 Å². The minimum atomic E-state index is 0.209. The van der Waals surface area contributed by atoms with Crippen molar-refractivity contribution in [3.8, 4) is 0 Å². The van der Waals surface area contributed by atoms with Gasteiger partial charge in [0.05, 0.1) is 36.8 Å². The molecule has 5 rings (SSSR count). The Morgan fingerprint density at radius 2 is 1.70 bits per heavy atom. The minimum Gasteiger partial charge on any atom is -0.395 e. The van der Waals surface area contributed by atoms with Crippen molar-refractivity contribution in [1.82, 2.24) is 9.80 Å². The Bertz CT molecular complexity index is 1120. The summed E-state index contributed by atoms with van der Waals surface area (Å²) in [5, 5.41) is 19.6. The number of anilines is 1. The van der Waals surface area contributed by atoms with Crippen LogP contribution in [-0.2, 0) is 0 Å². The average molecular weight is 485 g/mol. The summed E-state index contributed by atoms with van der Waals surface area (Å²) in [7, 11) is 0. The van der Waals surface area contributed by atoms with Crippen molar-refractivity contribution < 1.29 is 5.11 Å². The molecular formula is C24H26Cl2N6O. The molecule has 3 heterocycles. The van der Waals surface area contributed by atoms with E-state index in [-0.39, 0.29) is 6.61 Å². The van der Waals surface area contributed by atoms with E-state index < -0.39 is 0 Å². The first-order valence-corrected chi connectivity index (χ1v) is 11.9. The van der Waals surface area contributed by atoms with Crippen molar-refractivity contribution in [2.45, 2.75) is 0 Å². The maximum absolute atomic E-state index is 9.16. The highest BCUT2D eigenvalue weighted by atomic mass is 35.5. The Morgan fingerprint density at radius 1 is 0.909 bits per heavy atom. The van der Waals surface area contributed by atoms with Gasteiger partial charge in [-0.05, 0) is 24.3 Å². The number of amidine groups is 1. The standard InChI is InChI=1S/C24H26Cl2N6O/c25-17-5-6-22-20(13-17)24(19-3-1-2-4-21(19)26)27-14-23-29-28-18(16-32(22)23)15-31-9-7-30(8-10-31)11-12-33/h1-6,13,33H,7-12,14-16H2. The number of aliphatic hydroxyl groups excluding tert-OH is 1. The quantitative estimate of drug-likeness (QED) is 0.707. The first-order chi connectivity index (χ1) is 16.1. The number of rotatable bonds is 5. The maximum Gasteiger partial charge on any atom is 0.154 e. The smallest absolute Gasteiger partial charge is 0.154 e. The van der Waals surface area contributed by atoms with Crippen LogP contribution in [0.4, 0.5) is 5.69 Å². The molecule has 172 valence electrons. The van der Waals surface area contributed by atoms with Gasteiger partial charge in [-0.1, -0.05) is 41.4 Å². The fourth-order valence-electron chi connectivity index (χ4n) is 4.53. The number of nitrogens with zero attached hydrogens (tertiary/aromatic N) is 6. The predicted octanol–water partition coefficient (Wildman–Crippen LogP) is 3.03. The van der Waals surface area contributed by atoms with Crippen LogP contribution in [0.25, 0.3) is 0 Å². The highest BCUT2D eigenvalue weighted by Gasteiger charge is 2.29. The zero-order valence-corrected chi connectivity index (χ0v) is 19.8. The average Bonchev–Trinajstić information content (AvgIpc) is 2.97. The van der Waals surface area contributed by atoms with E-state index in [4.69, 9.17) is 33.3 Å². The second-order valence-electron chi connectivity index (χ2n) is 8.42. The number of hydrogen-bond acceptors (Lipinski definition) is 7. The lowest BCUT2D eigenvalue weighted by atomic mass is 10.00. The van der Waals surface area contributed by atoms with Gasteiger partial charge < -0.3 is 10.0 Å². The molecule has 0 amide bonds. The Balaban J connectivity index is 1.40. The van der Waals surface area contributed by atoms with Gasteiger partial charge in [0.25, 0.3) is 0 Å². The number of aliphatic imine (C=N–C) groups is 1. The topological polar surface area (TPSA) is 67.0 Å². The number of fused-ring (bicyclic) bond motifs is 3. The van der Waals surface area contributed by atoms with Crippen LogP contribution in [0, 0.1) is 0 Å². The summed E-state index contributed by atoms with van der Waals surface area (Å²) in [5.41, 5.74) is 4.67. The van der Waals surface area contributed by atoms with Crippen LogP contribution in [0.1, 0.15) is 11.1 Å². The van der Waals surface area contributed by atoms with E-state index in [1.807, 2.05) is 42.5 Å². The van der Waals surface area contributed by atoms with E-state index in [1.165, 1.54) is 0 Å². The monoisotopic (exact) mass is 484 g/mol. The van der Waals surface area contributed by atoms with Crippen LogP contribution >= 0.6 is 23.2 Å². The second kappa shape index (κ2) is 9.91. The van der Waals surface area contributed by atoms with Crippen molar-refractivity contribution in [3.63, 3.8) is 0 Å². The molecule has 1 N–H and O–H groups in total. The van der Waals surface area contributed by atoms with Crippen LogP contribution in [0.2, 0.25) is 10.0 Å². The predicted molar refractivity (Wildman–Crippen MR) is 136 cm³/mol. The third-order valence-electron chi connectivity index (χ3n) is 6.26. The highest BCUT2D eigenvalue weighted by Crippen LogP contribution is 2.32. The van der Waals surface area contributed by atoms with Crippen LogP contribution < -0.4 is 4.90 Å². The summed E-state index contributed by atoms with van der Waals surface area (Å²) in [4.78, 5) is 11.8. The van der Waals surface area contributed by atoms with E-state index in [9.17, 15) is 0 Å². The van der Waals surface area contributed by atoms with E-state index in [0.717, 1.165) is 73.3 Å². The number of piperazine rings is 1. The van der Waals surface area contributed by atoms with Crippen LogP contribution in [0.15, 0.2) is 57.7 Å². The molecule has 1 saturated heterocycles. The summed E-state index contributed by atoms with van der Waals surface area (Å²) in [6.45, 7) is 6.65. The van der Waals surface area contributed by atoms with Crippen LogP contribution in [0.5, 0.6) is 0 Å². The van der Waals surface area contributed by atoms with Crippen molar-refractivity contribution in [3.05, 3.63) is 63.6 Å². The zero-order valence-electron chi connectivity index (χ0n) is 18.3. The fraction of sp³-hybridized carbons (Fsp3) is 0.375. The third-order valence-corrected chi connectivity index (χ3v) is 6.82. The molecule has 33 heavy (non-hydrogen) atoms. The molecule has 2 aromatic rings. The molecule has 0 bridgehead atoms. The third kappa shape index (κ3) is 4.83. The molecule has 9 heteroatoms. The molecule has 0 radical (unpaired) electrons. The number of benzene rings is 2. The minimum absolute atomic E-state index is 0.209. The van der Waals surface area contributed by atoms with Crippen molar-refractivity contribution in [2.24, 2.45) is 15.2 Å². The maximum atomic E-state index is 9.16. The van der Waals surface area contributed by atoms with E-state index in [0.29, 0.717) is 23.1 Å². The molecule has 1 fully saturated rings. The van der Waals surface area contributed by atoms with Gasteiger partial charge in [-0.2, -0.15) is 5.10 Å². The first kappa shape index (κ1) is 22.5. The number of hydrogen-bond donors (Lipinski definition) is 1. The highest BCUT2D eigenvalue weighted by molar-refractivity contribution is 6.37. The second-order valence-corrected chi connectivity index (χ2v) is 9.26. The lowest BCUT2D eigenvalue weighted by molar-refractivity contribution is 0.122. The van der Waals surface area contributed by atoms with Gasteiger partial charge in [0.15, 0.2) is 5.84 Å². The molecule has 0 aromatic heterocycles. The fourth-order valence-corrected chi connectivity index (χ4v) is 4.93. The van der Waals surface area contributed by atoms with Gasteiger partial charge in [0.2, 0.25) is 0 Å². The molecular weight excluding hydrogens is 459 g/mol. The molecule has 7 nitrogen and oxygen atoms in total. The van der Waals surface area contributed by atoms with Crippen molar-refractivity contribution >= 4 is 46.1 Å². The van der Waals surface area contributed by atoms with Crippen molar-refractivity contribution in [2.75, 3.05) is 63.9 Å². The van der Waals surface area contributed by atoms with Gasteiger partial charge in [0, 0.05) is 60.4 Å². The Hall–Kier alpha value is -2.29. The number of β-amino-alcohol motifs (C(OH)–C–C–N with tert-alkyl or cyclic N) is 1. The molecule has 2 aromatic carbocycles. The Labute approximate surface area is 203 Å². The largest absolute Gasteiger partial charge is 0.395 e. The molecule has 0 unspecified atom stereocenters. The molecule has 0 spiro atoms. The molecule has 0 saturated carbocycles. The Morgan fingerprint density at radius 3 is 2.48 bits per heavy atom. The zero-order chi connectivity index (χ0) is 22.8. The normalized spacial score (nSPS) is 19.2. The molecule has 3 aliphatic heterocycles. The van der Waals surface area contributed by atoms with Crippen LogP contribution in [0.3, 0.4) is 0 Å².